The number of likely N-dealkylation sites (N-methyl/N-ethyl adjacent to an activating group) is 1. The van der Waals surface area contributed by atoms with Crippen molar-refractivity contribution in [3.05, 3.63) is 11.9 Å². The number of hydrogen-bond donors (Lipinski definition) is 2. The van der Waals surface area contributed by atoms with Gasteiger partial charge < -0.3 is 15.3 Å². The topological polar surface area (TPSA) is 138 Å². The van der Waals surface area contributed by atoms with Crippen molar-refractivity contribution in [2.45, 2.75) is 51.9 Å². The minimum Gasteiger partial charge on any atom is -0.391 e. The predicted octanol–water partition coefficient (Wildman–Crippen LogP) is -1.20. The van der Waals surface area contributed by atoms with Crippen LogP contribution < -0.4 is 5.32 Å². The number of rotatable bonds is 5. The molecule has 3 atom stereocenters. The highest BCUT2D eigenvalue weighted by Crippen LogP contribution is 2.34. The molecule has 2 N–H and O–H groups in total. The minimum absolute atomic E-state index is 0.0906. The molecule has 2 fully saturated rings. The molecule has 0 bridgehead atoms. The van der Waals surface area contributed by atoms with Crippen LogP contribution >= 0.6 is 0 Å². The number of aromatic nitrogens is 3. The number of carbonyl (C=O) groups is 2. The summed E-state index contributed by atoms with van der Waals surface area (Å²) in [4.78, 5) is 29.2. The van der Waals surface area contributed by atoms with Gasteiger partial charge in [-0.15, -0.1) is 5.10 Å². The first kappa shape index (κ1) is 23.6. The first-order valence-electron chi connectivity index (χ1n) is 10.4. The fourth-order valence-corrected chi connectivity index (χ4v) is 5.44. The molecule has 0 radical (unpaired) electrons. The molecule has 0 saturated carbocycles. The Bertz CT molecular complexity index is 910. The van der Waals surface area contributed by atoms with E-state index in [1.807, 2.05) is 25.7 Å². The van der Waals surface area contributed by atoms with E-state index in [0.717, 1.165) is 0 Å². The van der Waals surface area contributed by atoms with Gasteiger partial charge in [0, 0.05) is 39.6 Å². The zero-order chi connectivity index (χ0) is 23.0. The molecule has 0 spiro atoms. The summed E-state index contributed by atoms with van der Waals surface area (Å²) in [6, 6.07) is -1.44. The lowest BCUT2D eigenvalue weighted by Crippen LogP contribution is -2.49. The normalized spacial score (nSPS) is 25.4. The minimum atomic E-state index is -2.96. The molecule has 0 aromatic carbocycles. The lowest BCUT2D eigenvalue weighted by molar-refractivity contribution is -0.144. The molecule has 174 valence electrons. The van der Waals surface area contributed by atoms with Crippen LogP contribution in [0.15, 0.2) is 6.20 Å². The molecular weight excluding hydrogens is 424 g/mol. The SMILES string of the molecule is CNC(=O)[C@@H]1C[C@@H](O)CN1C(=O)[C@@H](n1cc(CN2CCS(=O)(=O)CC2)nn1)C(C)(C)C. The van der Waals surface area contributed by atoms with E-state index in [-0.39, 0.29) is 36.3 Å². The number of likely N-dealkylation sites (tertiary alicyclic amines) is 1. The Hall–Kier alpha value is -2.05. The van der Waals surface area contributed by atoms with Gasteiger partial charge in [-0.1, -0.05) is 26.0 Å². The molecule has 0 unspecified atom stereocenters. The molecular formula is C19H32N6O5S. The van der Waals surface area contributed by atoms with Crippen molar-refractivity contribution in [2.75, 3.05) is 38.2 Å². The van der Waals surface area contributed by atoms with E-state index in [1.165, 1.54) is 16.6 Å². The first-order chi connectivity index (χ1) is 14.4. The van der Waals surface area contributed by atoms with Crippen molar-refractivity contribution in [3.8, 4) is 0 Å². The third-order valence-corrected chi connectivity index (χ3v) is 7.42. The van der Waals surface area contributed by atoms with Crippen LogP contribution in [0.2, 0.25) is 0 Å². The number of β-amino-alcohol motifs (C(OH)–C–C–N with tert-alkyl or cyclic N) is 1. The number of carbonyl (C=O) groups excluding carboxylic acids is 2. The lowest BCUT2D eigenvalue weighted by Gasteiger charge is -2.34. The van der Waals surface area contributed by atoms with Gasteiger partial charge in [-0.25, -0.2) is 13.1 Å². The second-order valence-electron chi connectivity index (χ2n) is 9.40. The summed E-state index contributed by atoms with van der Waals surface area (Å²) in [5.74, 6) is -0.347. The summed E-state index contributed by atoms with van der Waals surface area (Å²) in [7, 11) is -1.46. The average molecular weight is 457 g/mol. The molecule has 2 saturated heterocycles. The number of nitrogens with zero attached hydrogens (tertiary/aromatic N) is 5. The van der Waals surface area contributed by atoms with Gasteiger partial charge in [0.1, 0.15) is 12.1 Å². The Kier molecular flexibility index (Phi) is 6.72. The van der Waals surface area contributed by atoms with Crippen LogP contribution in [-0.2, 0) is 26.0 Å². The molecule has 1 aromatic rings. The van der Waals surface area contributed by atoms with Crippen molar-refractivity contribution in [1.29, 1.82) is 0 Å². The Balaban J connectivity index is 1.79. The van der Waals surface area contributed by atoms with Crippen molar-refractivity contribution in [2.24, 2.45) is 5.41 Å². The van der Waals surface area contributed by atoms with Crippen LogP contribution in [-0.4, -0.2) is 100 Å². The highest BCUT2D eigenvalue weighted by atomic mass is 32.2. The third kappa shape index (κ3) is 5.42. The largest absolute Gasteiger partial charge is 0.391 e. The van der Waals surface area contributed by atoms with E-state index in [2.05, 4.69) is 15.6 Å². The van der Waals surface area contributed by atoms with E-state index in [9.17, 15) is 23.1 Å². The molecule has 12 heteroatoms. The summed E-state index contributed by atoms with van der Waals surface area (Å²) in [6.45, 7) is 7.15. The number of aliphatic hydroxyl groups excluding tert-OH is 1. The van der Waals surface area contributed by atoms with Gasteiger partial charge in [0.25, 0.3) is 0 Å². The Morgan fingerprint density at radius 2 is 1.94 bits per heavy atom. The third-order valence-electron chi connectivity index (χ3n) is 5.81. The van der Waals surface area contributed by atoms with Crippen LogP contribution in [0.5, 0.6) is 0 Å². The quantitative estimate of drug-likeness (QED) is 0.564. The smallest absolute Gasteiger partial charge is 0.248 e. The van der Waals surface area contributed by atoms with Crippen LogP contribution in [0.25, 0.3) is 0 Å². The van der Waals surface area contributed by atoms with Gasteiger partial charge >= 0.3 is 0 Å². The monoisotopic (exact) mass is 456 g/mol. The Morgan fingerprint density at radius 1 is 1.29 bits per heavy atom. The molecule has 0 aliphatic carbocycles. The van der Waals surface area contributed by atoms with Crippen LogP contribution in [0.3, 0.4) is 0 Å². The highest BCUT2D eigenvalue weighted by Gasteiger charge is 2.45. The highest BCUT2D eigenvalue weighted by molar-refractivity contribution is 7.91. The summed E-state index contributed by atoms with van der Waals surface area (Å²) in [6.07, 6.45) is 1.15. The molecule has 3 rings (SSSR count). The van der Waals surface area contributed by atoms with Crippen molar-refractivity contribution >= 4 is 21.7 Å². The maximum absolute atomic E-state index is 13.5. The van der Waals surface area contributed by atoms with Gasteiger partial charge in [0.05, 0.1) is 29.5 Å². The molecule has 2 amide bonds. The number of hydrogen-bond acceptors (Lipinski definition) is 8. The van der Waals surface area contributed by atoms with E-state index in [4.69, 9.17) is 0 Å². The first-order valence-corrected chi connectivity index (χ1v) is 12.3. The van der Waals surface area contributed by atoms with Gasteiger partial charge in [-0.05, 0) is 5.41 Å². The van der Waals surface area contributed by atoms with E-state index < -0.39 is 33.4 Å². The van der Waals surface area contributed by atoms with E-state index in [1.54, 1.807) is 6.20 Å². The van der Waals surface area contributed by atoms with Crippen molar-refractivity contribution < 1.29 is 23.1 Å². The van der Waals surface area contributed by atoms with Gasteiger partial charge in [0.2, 0.25) is 11.8 Å². The Morgan fingerprint density at radius 3 is 2.52 bits per heavy atom. The van der Waals surface area contributed by atoms with E-state index in [0.29, 0.717) is 25.3 Å². The number of nitrogens with one attached hydrogen (secondary N) is 1. The van der Waals surface area contributed by atoms with Crippen molar-refractivity contribution in [3.63, 3.8) is 0 Å². The maximum Gasteiger partial charge on any atom is 0.248 e. The number of amides is 2. The number of aliphatic hydroxyl groups is 1. The molecule has 3 heterocycles. The van der Waals surface area contributed by atoms with E-state index >= 15 is 0 Å². The van der Waals surface area contributed by atoms with Crippen molar-refractivity contribution in [1.82, 2.24) is 30.1 Å². The Labute approximate surface area is 182 Å². The standard InChI is InChI=1S/C19H32N6O5S/c1-19(2,3)16(18(28)24-12-14(26)9-15(24)17(27)20-4)25-11-13(21-22-25)10-23-5-7-31(29,30)8-6-23/h11,14-16,26H,5-10,12H2,1-4H3,(H,20,27)/t14-,15+,16-/m1/s1. The lowest BCUT2D eigenvalue weighted by atomic mass is 9.85. The fourth-order valence-electron chi connectivity index (χ4n) is 4.16. The number of sulfone groups is 1. The summed E-state index contributed by atoms with van der Waals surface area (Å²) in [5, 5.41) is 21.0. The van der Waals surface area contributed by atoms with Gasteiger partial charge in [-0.2, -0.15) is 0 Å². The van der Waals surface area contributed by atoms with Crippen LogP contribution in [0.4, 0.5) is 0 Å². The summed E-state index contributed by atoms with van der Waals surface area (Å²) < 4.78 is 24.8. The van der Waals surface area contributed by atoms with Crippen LogP contribution in [0.1, 0.15) is 38.9 Å². The second-order valence-corrected chi connectivity index (χ2v) is 11.7. The molecule has 2 aliphatic rings. The maximum atomic E-state index is 13.5. The average Bonchev–Trinajstić information content (AvgIpc) is 3.28. The zero-order valence-electron chi connectivity index (χ0n) is 18.5. The predicted molar refractivity (Wildman–Crippen MR) is 113 cm³/mol. The molecule has 31 heavy (non-hydrogen) atoms. The summed E-state index contributed by atoms with van der Waals surface area (Å²) >= 11 is 0. The van der Waals surface area contributed by atoms with Gasteiger partial charge in [-0.3, -0.25) is 14.5 Å². The molecule has 1 aromatic heterocycles. The van der Waals surface area contributed by atoms with Crippen LogP contribution in [0, 0.1) is 5.41 Å². The fraction of sp³-hybridized carbons (Fsp3) is 0.789. The second kappa shape index (κ2) is 8.83. The molecule has 11 nitrogen and oxygen atoms in total. The van der Waals surface area contributed by atoms with Gasteiger partial charge in [0.15, 0.2) is 9.84 Å². The summed E-state index contributed by atoms with van der Waals surface area (Å²) in [5.41, 5.74) is 0.118. The zero-order valence-corrected chi connectivity index (χ0v) is 19.3. The molecule has 2 aliphatic heterocycles.